The molecule has 0 radical (unpaired) electrons. The Bertz CT molecular complexity index is 845. The van der Waals surface area contributed by atoms with Crippen LogP contribution in [0.5, 0.6) is 5.75 Å². The summed E-state index contributed by atoms with van der Waals surface area (Å²) >= 11 is 5.99. The molecule has 0 aromatic carbocycles. The predicted octanol–water partition coefficient (Wildman–Crippen LogP) is 1.47. The molecule has 3 rings (SSSR count). The maximum absolute atomic E-state index is 5.99. The van der Waals surface area contributed by atoms with Crippen LogP contribution >= 0.6 is 11.6 Å². The second kappa shape index (κ2) is 4.81. The average molecular weight is 306 g/mol. The van der Waals surface area contributed by atoms with Crippen LogP contribution in [0, 0.1) is 13.8 Å². The number of ether oxygens (including phenoxy) is 1. The average Bonchev–Trinajstić information content (AvgIpc) is 2.83. The Hall–Kier alpha value is -2.48. The monoisotopic (exact) mass is 305 g/mol. The topological polar surface area (TPSA) is 105 Å². The van der Waals surface area contributed by atoms with Crippen molar-refractivity contribution in [2.24, 2.45) is 0 Å². The number of anilines is 1. The van der Waals surface area contributed by atoms with E-state index >= 15 is 0 Å². The van der Waals surface area contributed by atoms with E-state index in [2.05, 4.69) is 25.3 Å². The first-order valence-corrected chi connectivity index (χ1v) is 6.45. The van der Waals surface area contributed by atoms with Gasteiger partial charge in [0.2, 0.25) is 5.95 Å². The molecule has 0 aliphatic rings. The Kier molecular flexibility index (Phi) is 3.09. The second-order valence-electron chi connectivity index (χ2n) is 4.47. The molecule has 3 aromatic rings. The lowest BCUT2D eigenvalue weighted by molar-refractivity contribution is 0.407. The number of nitrogen functional groups attached to an aromatic ring is 1. The highest BCUT2D eigenvalue weighted by molar-refractivity contribution is 6.33. The molecule has 0 unspecified atom stereocenters. The summed E-state index contributed by atoms with van der Waals surface area (Å²) in [6, 6.07) is 0. The summed E-state index contributed by atoms with van der Waals surface area (Å²) in [5.41, 5.74) is 8.14. The molecule has 0 saturated heterocycles. The van der Waals surface area contributed by atoms with Crippen LogP contribution < -0.4 is 10.5 Å². The molecule has 3 aromatic heterocycles. The lowest BCUT2D eigenvalue weighted by Gasteiger charge is -2.11. The fourth-order valence-corrected chi connectivity index (χ4v) is 2.39. The second-order valence-corrected chi connectivity index (χ2v) is 4.83. The lowest BCUT2D eigenvalue weighted by atomic mass is 10.2. The van der Waals surface area contributed by atoms with Crippen molar-refractivity contribution in [3.05, 3.63) is 22.5 Å². The van der Waals surface area contributed by atoms with E-state index < -0.39 is 0 Å². The van der Waals surface area contributed by atoms with Gasteiger partial charge in [0.25, 0.3) is 0 Å². The number of hydrogen-bond donors (Lipinski definition) is 1. The molecule has 2 N–H and O–H groups in total. The molecule has 0 aliphatic carbocycles. The highest BCUT2D eigenvalue weighted by Crippen LogP contribution is 2.28. The summed E-state index contributed by atoms with van der Waals surface area (Å²) in [6.45, 7) is 3.80. The van der Waals surface area contributed by atoms with E-state index in [1.807, 2.05) is 13.8 Å². The van der Waals surface area contributed by atoms with Gasteiger partial charge in [-0.15, -0.1) is 5.10 Å². The quantitative estimate of drug-likeness (QED) is 0.715. The SMILES string of the molecule is COc1c(C)cnc(-n2nnc3c(Cl)nc(N)nc32)c1C. The van der Waals surface area contributed by atoms with Crippen LogP contribution in [0.1, 0.15) is 11.1 Å². The standard InChI is InChI=1S/C12H12ClN7O/c1-5-4-15-10(6(2)8(5)21-3)20-11-7(18-19-20)9(13)16-12(14)17-11/h4H,1-3H3,(H2,14,16,17). The van der Waals surface area contributed by atoms with Crippen LogP contribution in [-0.2, 0) is 0 Å². The van der Waals surface area contributed by atoms with Crippen molar-refractivity contribution in [1.29, 1.82) is 0 Å². The molecule has 0 saturated carbocycles. The van der Waals surface area contributed by atoms with Gasteiger partial charge in [0.1, 0.15) is 5.75 Å². The highest BCUT2D eigenvalue weighted by atomic mass is 35.5. The van der Waals surface area contributed by atoms with Gasteiger partial charge in [0.15, 0.2) is 22.1 Å². The minimum absolute atomic E-state index is 0.0489. The van der Waals surface area contributed by atoms with Crippen molar-refractivity contribution in [2.75, 3.05) is 12.8 Å². The van der Waals surface area contributed by atoms with E-state index in [1.54, 1.807) is 13.3 Å². The van der Waals surface area contributed by atoms with Crippen molar-refractivity contribution in [2.45, 2.75) is 13.8 Å². The first kappa shape index (κ1) is 13.5. The third kappa shape index (κ3) is 2.04. The van der Waals surface area contributed by atoms with Crippen molar-refractivity contribution in [3.8, 4) is 11.6 Å². The van der Waals surface area contributed by atoms with E-state index in [1.165, 1.54) is 4.68 Å². The van der Waals surface area contributed by atoms with Crippen molar-refractivity contribution >= 4 is 28.7 Å². The molecule has 9 heteroatoms. The first-order chi connectivity index (χ1) is 10.0. The number of rotatable bonds is 2. The van der Waals surface area contributed by atoms with Crippen molar-refractivity contribution < 1.29 is 4.74 Å². The van der Waals surface area contributed by atoms with Crippen molar-refractivity contribution in [1.82, 2.24) is 29.9 Å². The van der Waals surface area contributed by atoms with Crippen LogP contribution in [0.2, 0.25) is 5.15 Å². The number of fused-ring (bicyclic) bond motifs is 1. The largest absolute Gasteiger partial charge is 0.496 e. The molecule has 0 atom stereocenters. The maximum atomic E-state index is 5.99. The Labute approximate surface area is 124 Å². The molecule has 0 aliphatic heterocycles. The molecule has 8 nitrogen and oxygen atoms in total. The van der Waals surface area contributed by atoms with Gasteiger partial charge in [-0.1, -0.05) is 16.8 Å². The Morgan fingerprint density at radius 1 is 1.29 bits per heavy atom. The van der Waals surface area contributed by atoms with Gasteiger partial charge >= 0.3 is 0 Å². The number of aryl methyl sites for hydroxylation is 1. The number of hydrogen-bond acceptors (Lipinski definition) is 7. The van der Waals surface area contributed by atoms with E-state index in [0.717, 1.165) is 16.9 Å². The highest BCUT2D eigenvalue weighted by Gasteiger charge is 2.18. The summed E-state index contributed by atoms with van der Waals surface area (Å²) in [5, 5.41) is 8.17. The molecule has 0 amide bonds. The van der Waals surface area contributed by atoms with Crippen LogP contribution in [-0.4, -0.2) is 37.1 Å². The normalized spacial score (nSPS) is 11.0. The van der Waals surface area contributed by atoms with E-state index in [-0.39, 0.29) is 11.1 Å². The van der Waals surface area contributed by atoms with Gasteiger partial charge in [0.05, 0.1) is 7.11 Å². The zero-order chi connectivity index (χ0) is 15.1. The van der Waals surface area contributed by atoms with Crippen LogP contribution in [0.4, 0.5) is 5.95 Å². The zero-order valence-electron chi connectivity index (χ0n) is 11.6. The molecule has 0 bridgehead atoms. The minimum Gasteiger partial charge on any atom is -0.496 e. The number of nitrogens with zero attached hydrogens (tertiary/aromatic N) is 6. The van der Waals surface area contributed by atoms with Gasteiger partial charge in [-0.25, -0.2) is 4.98 Å². The van der Waals surface area contributed by atoms with Gasteiger partial charge < -0.3 is 10.5 Å². The van der Waals surface area contributed by atoms with Gasteiger partial charge in [-0.05, 0) is 13.8 Å². The molecule has 3 heterocycles. The van der Waals surface area contributed by atoms with Crippen LogP contribution in [0.25, 0.3) is 17.0 Å². The zero-order valence-corrected chi connectivity index (χ0v) is 12.4. The summed E-state index contributed by atoms with van der Waals surface area (Å²) in [4.78, 5) is 12.4. The number of pyridine rings is 1. The Morgan fingerprint density at radius 2 is 2.05 bits per heavy atom. The van der Waals surface area contributed by atoms with Gasteiger partial charge in [-0.2, -0.15) is 14.6 Å². The van der Waals surface area contributed by atoms with Crippen LogP contribution in [0.15, 0.2) is 6.20 Å². The third-order valence-electron chi connectivity index (χ3n) is 3.09. The molecule has 0 fully saturated rings. The van der Waals surface area contributed by atoms with E-state index in [0.29, 0.717) is 17.0 Å². The fourth-order valence-electron chi connectivity index (χ4n) is 2.18. The number of halogens is 1. The van der Waals surface area contributed by atoms with E-state index in [9.17, 15) is 0 Å². The third-order valence-corrected chi connectivity index (χ3v) is 3.36. The number of methoxy groups -OCH3 is 1. The Morgan fingerprint density at radius 3 is 2.76 bits per heavy atom. The minimum atomic E-state index is 0.0489. The molecule has 21 heavy (non-hydrogen) atoms. The summed E-state index contributed by atoms with van der Waals surface area (Å²) < 4.78 is 6.86. The van der Waals surface area contributed by atoms with E-state index in [4.69, 9.17) is 22.1 Å². The summed E-state index contributed by atoms with van der Waals surface area (Å²) in [6.07, 6.45) is 1.70. The van der Waals surface area contributed by atoms with Crippen LogP contribution in [0.3, 0.4) is 0 Å². The Balaban J connectivity index is 2.31. The summed E-state index contributed by atoms with van der Waals surface area (Å²) in [7, 11) is 1.61. The molecular weight excluding hydrogens is 294 g/mol. The predicted molar refractivity (Wildman–Crippen MR) is 77.7 cm³/mol. The summed E-state index contributed by atoms with van der Waals surface area (Å²) in [5.74, 6) is 1.33. The molecule has 108 valence electrons. The smallest absolute Gasteiger partial charge is 0.223 e. The number of nitrogens with two attached hydrogens (primary N) is 1. The maximum Gasteiger partial charge on any atom is 0.223 e. The number of aromatic nitrogens is 6. The molecular formula is C12H12ClN7O. The fraction of sp³-hybridized carbons (Fsp3) is 0.250. The van der Waals surface area contributed by atoms with Crippen molar-refractivity contribution in [3.63, 3.8) is 0 Å². The van der Waals surface area contributed by atoms with Gasteiger partial charge in [-0.3, -0.25) is 0 Å². The first-order valence-electron chi connectivity index (χ1n) is 6.08. The lowest BCUT2D eigenvalue weighted by Crippen LogP contribution is -2.07. The molecule has 0 spiro atoms. The van der Waals surface area contributed by atoms with Gasteiger partial charge in [0, 0.05) is 17.3 Å².